The summed E-state index contributed by atoms with van der Waals surface area (Å²) in [4.78, 5) is 19.7. The molecule has 0 unspecified atom stereocenters. The number of fused-ring (bicyclic) bond motifs is 5. The van der Waals surface area contributed by atoms with Crippen LogP contribution in [0.25, 0.3) is 32.2 Å². The molecule has 3 aliphatic rings. The SMILES string of the molecule is C/N=C\c1c(N)sc2c(F)cnc(-c3c4c(c5c(OCCOC)nc(OC[C@@]67CCCN6C[C@H](F)C7)nc5c3F)COC4)c12. The molecule has 4 aromatic rings. The Bertz CT molecular complexity index is 1800. The summed E-state index contributed by atoms with van der Waals surface area (Å²) in [7, 11) is 3.12. The van der Waals surface area contributed by atoms with Crippen LogP contribution in [0.2, 0.25) is 0 Å². The fraction of sp³-hybridized carbons (Fsp3) is 0.467. The van der Waals surface area contributed by atoms with Crippen LogP contribution in [0, 0.1) is 11.6 Å². The van der Waals surface area contributed by atoms with Gasteiger partial charge in [0.1, 0.15) is 24.9 Å². The van der Waals surface area contributed by atoms with Gasteiger partial charge in [-0.05, 0) is 30.5 Å². The van der Waals surface area contributed by atoms with Crippen LogP contribution in [0.1, 0.15) is 36.0 Å². The number of nitrogen functional groups attached to an aromatic ring is 1. The molecule has 2 N–H and O–H groups in total. The number of hydrogen-bond acceptors (Lipinski definition) is 11. The number of rotatable bonds is 9. The smallest absolute Gasteiger partial charge is 0.320 e. The summed E-state index contributed by atoms with van der Waals surface area (Å²) in [5, 5.41) is 1.04. The van der Waals surface area contributed by atoms with Gasteiger partial charge in [-0.25, -0.2) is 13.2 Å². The minimum absolute atomic E-state index is 0.0505. The maximum Gasteiger partial charge on any atom is 0.320 e. The largest absolute Gasteiger partial charge is 0.475 e. The van der Waals surface area contributed by atoms with Crippen LogP contribution >= 0.6 is 11.3 Å². The Kier molecular flexibility index (Phi) is 7.55. The minimum atomic E-state index is -0.930. The molecule has 2 atom stereocenters. The molecule has 3 aliphatic heterocycles. The third-order valence-electron chi connectivity index (χ3n) is 8.73. The highest BCUT2D eigenvalue weighted by Crippen LogP contribution is 2.47. The summed E-state index contributed by atoms with van der Waals surface area (Å²) in [6.07, 6.45) is 3.75. The van der Waals surface area contributed by atoms with E-state index in [4.69, 9.17) is 24.7 Å². The highest BCUT2D eigenvalue weighted by Gasteiger charge is 2.49. The molecule has 14 heteroatoms. The van der Waals surface area contributed by atoms with Crippen molar-refractivity contribution in [3.05, 3.63) is 34.5 Å². The maximum atomic E-state index is 17.0. The second-order valence-electron chi connectivity index (χ2n) is 11.3. The molecule has 7 rings (SSSR count). The lowest BCUT2D eigenvalue weighted by Gasteiger charge is -2.30. The van der Waals surface area contributed by atoms with Gasteiger partial charge in [-0.15, -0.1) is 11.3 Å². The molecule has 0 bridgehead atoms. The summed E-state index contributed by atoms with van der Waals surface area (Å²) < 4.78 is 69.7. The Hall–Kier alpha value is -3.59. The molecule has 10 nitrogen and oxygen atoms in total. The number of hydrogen-bond donors (Lipinski definition) is 1. The van der Waals surface area contributed by atoms with Crippen molar-refractivity contribution in [2.45, 2.75) is 44.2 Å². The molecule has 0 spiro atoms. The summed E-state index contributed by atoms with van der Waals surface area (Å²) in [5.74, 6) is -1.15. The Morgan fingerprint density at radius 2 is 2.05 bits per heavy atom. The molecular formula is C30H31F3N6O4S. The van der Waals surface area contributed by atoms with Crippen molar-refractivity contribution in [1.82, 2.24) is 19.9 Å². The van der Waals surface area contributed by atoms with Crippen molar-refractivity contribution in [3.8, 4) is 23.1 Å². The topological polar surface area (TPSA) is 117 Å². The van der Waals surface area contributed by atoms with E-state index >= 15 is 4.39 Å². The Balaban J connectivity index is 1.42. The Morgan fingerprint density at radius 1 is 1.20 bits per heavy atom. The number of anilines is 1. The lowest BCUT2D eigenvalue weighted by Crippen LogP contribution is -2.43. The first kappa shape index (κ1) is 29.1. The number of ether oxygens (including phenoxy) is 4. The van der Waals surface area contributed by atoms with E-state index in [1.165, 1.54) is 6.21 Å². The highest BCUT2D eigenvalue weighted by atomic mass is 32.1. The van der Waals surface area contributed by atoms with Gasteiger partial charge in [0.15, 0.2) is 11.6 Å². The number of methoxy groups -OCH3 is 1. The van der Waals surface area contributed by atoms with Crippen LogP contribution in [-0.4, -0.2) is 84.8 Å². The van der Waals surface area contributed by atoms with Crippen molar-refractivity contribution < 1.29 is 32.1 Å². The molecule has 2 saturated heterocycles. The van der Waals surface area contributed by atoms with Gasteiger partial charge in [0, 0.05) is 49.9 Å². The number of alkyl halides is 1. The summed E-state index contributed by atoms with van der Waals surface area (Å²) >= 11 is 1.05. The number of benzene rings is 1. The van der Waals surface area contributed by atoms with Gasteiger partial charge in [-0.1, -0.05) is 0 Å². The molecule has 3 aromatic heterocycles. The summed E-state index contributed by atoms with van der Waals surface area (Å²) in [5.41, 5.74) is 7.71. The van der Waals surface area contributed by atoms with Crippen LogP contribution in [0.5, 0.6) is 11.9 Å². The second kappa shape index (κ2) is 11.4. The van der Waals surface area contributed by atoms with Crippen molar-refractivity contribution in [3.63, 3.8) is 0 Å². The number of aliphatic imine (C=N–C) groups is 1. The van der Waals surface area contributed by atoms with Crippen LogP contribution in [-0.2, 0) is 22.7 Å². The molecule has 0 saturated carbocycles. The zero-order valence-electron chi connectivity index (χ0n) is 24.3. The molecular weight excluding hydrogens is 597 g/mol. The first-order chi connectivity index (χ1) is 21.3. The van der Waals surface area contributed by atoms with Gasteiger partial charge in [0.2, 0.25) is 5.88 Å². The van der Waals surface area contributed by atoms with Crippen LogP contribution in [0.3, 0.4) is 0 Å². The molecule has 0 aliphatic carbocycles. The van der Waals surface area contributed by atoms with Crippen LogP contribution in [0.15, 0.2) is 11.2 Å². The lowest BCUT2D eigenvalue weighted by atomic mass is 9.93. The molecule has 232 valence electrons. The monoisotopic (exact) mass is 628 g/mol. The number of nitrogens with two attached hydrogens (primary N) is 1. The van der Waals surface area contributed by atoms with E-state index in [1.807, 2.05) is 0 Å². The second-order valence-corrected chi connectivity index (χ2v) is 12.4. The third-order valence-corrected chi connectivity index (χ3v) is 9.77. The molecule has 0 radical (unpaired) electrons. The van der Waals surface area contributed by atoms with Gasteiger partial charge in [-0.2, -0.15) is 9.97 Å². The van der Waals surface area contributed by atoms with Crippen molar-refractivity contribution in [1.29, 1.82) is 0 Å². The number of thiophene rings is 1. The van der Waals surface area contributed by atoms with E-state index in [0.717, 1.165) is 36.9 Å². The van der Waals surface area contributed by atoms with Crippen molar-refractivity contribution >= 4 is 43.5 Å². The van der Waals surface area contributed by atoms with Crippen LogP contribution < -0.4 is 15.2 Å². The molecule has 6 heterocycles. The summed E-state index contributed by atoms with van der Waals surface area (Å²) in [6, 6.07) is -0.0899. The summed E-state index contributed by atoms with van der Waals surface area (Å²) in [6.45, 7) is 1.99. The predicted molar refractivity (Wildman–Crippen MR) is 160 cm³/mol. The number of halogens is 3. The fourth-order valence-corrected chi connectivity index (χ4v) is 7.76. The minimum Gasteiger partial charge on any atom is -0.475 e. The van der Waals surface area contributed by atoms with Gasteiger partial charge in [0.25, 0.3) is 0 Å². The quantitative estimate of drug-likeness (QED) is 0.206. The Morgan fingerprint density at radius 3 is 2.86 bits per heavy atom. The van der Waals surface area contributed by atoms with E-state index in [-0.39, 0.29) is 66.4 Å². The first-order valence-corrected chi connectivity index (χ1v) is 15.2. The third kappa shape index (κ3) is 4.66. The van der Waals surface area contributed by atoms with Gasteiger partial charge >= 0.3 is 6.01 Å². The van der Waals surface area contributed by atoms with E-state index in [0.29, 0.717) is 45.4 Å². The van der Waals surface area contributed by atoms with E-state index in [1.54, 1.807) is 14.2 Å². The first-order valence-electron chi connectivity index (χ1n) is 14.4. The Labute approximate surface area is 255 Å². The predicted octanol–water partition coefficient (Wildman–Crippen LogP) is 4.83. The average molecular weight is 629 g/mol. The van der Waals surface area contributed by atoms with E-state index in [2.05, 4.69) is 24.8 Å². The van der Waals surface area contributed by atoms with Crippen molar-refractivity contribution in [2.75, 3.05) is 52.8 Å². The highest BCUT2D eigenvalue weighted by molar-refractivity contribution is 7.23. The van der Waals surface area contributed by atoms with Crippen molar-refractivity contribution in [2.24, 2.45) is 4.99 Å². The number of nitrogens with zero attached hydrogens (tertiary/aromatic N) is 5. The number of aromatic nitrogens is 3. The zero-order valence-corrected chi connectivity index (χ0v) is 25.1. The van der Waals surface area contributed by atoms with Gasteiger partial charge in [0.05, 0.1) is 52.3 Å². The van der Waals surface area contributed by atoms with E-state index in [9.17, 15) is 8.78 Å². The van der Waals surface area contributed by atoms with Crippen LogP contribution in [0.4, 0.5) is 18.2 Å². The molecule has 0 amide bonds. The lowest BCUT2D eigenvalue weighted by molar-refractivity contribution is 0.106. The van der Waals surface area contributed by atoms with E-state index < -0.39 is 23.3 Å². The molecule has 2 fully saturated rings. The zero-order chi connectivity index (χ0) is 30.6. The normalized spacial score (nSPS) is 21.6. The fourth-order valence-electron chi connectivity index (χ4n) is 6.82. The standard InChI is InChI=1S/C30H31F3N6O4S/c1-35-9-16-21-24(36-10-19(32)26(21)44-27(16)34)20-17-12-41-13-18(17)22-25(23(20)33)37-29(38-28(22)42-7-6-40-2)43-14-30-4-3-5-39(30)11-15(31)8-30/h9-10,15H,3-8,11-14,34H2,1-2H3/b35-9-/t15-,30+/m1/s1. The van der Waals surface area contributed by atoms with Gasteiger partial charge < -0.3 is 24.7 Å². The van der Waals surface area contributed by atoms with Gasteiger partial charge in [-0.3, -0.25) is 14.9 Å². The number of pyridine rings is 1. The molecule has 1 aromatic carbocycles. The molecule has 44 heavy (non-hydrogen) atoms. The maximum absolute atomic E-state index is 17.0. The average Bonchev–Trinajstić information content (AvgIpc) is 3.77.